The minimum atomic E-state index is -3.35. The average Bonchev–Trinajstić information content (AvgIpc) is 3.23. The third-order valence-electron chi connectivity index (χ3n) is 6.11. The molecule has 2 aromatic carbocycles. The minimum Gasteiger partial charge on any atom is -0.480 e. The molecule has 1 amide bonds. The van der Waals surface area contributed by atoms with E-state index in [0.29, 0.717) is 10.8 Å². The van der Waals surface area contributed by atoms with E-state index in [1.807, 2.05) is 55.1 Å². The maximum absolute atomic E-state index is 13.2. The van der Waals surface area contributed by atoms with E-state index in [9.17, 15) is 23.1 Å². The molecule has 1 saturated heterocycles. The van der Waals surface area contributed by atoms with Crippen LogP contribution in [0.3, 0.4) is 0 Å². The Morgan fingerprint density at radius 3 is 2.56 bits per heavy atom. The number of benzene rings is 2. The molecule has 34 heavy (non-hydrogen) atoms. The van der Waals surface area contributed by atoms with Crippen molar-refractivity contribution in [2.75, 3.05) is 31.4 Å². The number of sulfone groups is 1. The van der Waals surface area contributed by atoms with E-state index in [1.54, 1.807) is 6.07 Å². The smallest absolute Gasteiger partial charge is 0.326 e. The molecule has 3 rings (SSSR count). The van der Waals surface area contributed by atoms with Gasteiger partial charge in [0.2, 0.25) is 0 Å². The van der Waals surface area contributed by atoms with Crippen molar-refractivity contribution < 1.29 is 23.1 Å². The lowest BCUT2D eigenvalue weighted by Gasteiger charge is -2.20. The van der Waals surface area contributed by atoms with Gasteiger partial charge in [-0.1, -0.05) is 30.3 Å². The molecule has 1 heterocycles. The number of aryl methyl sites for hydroxylation is 1. The number of thioether (sulfide) groups is 1. The molecule has 0 saturated carbocycles. The monoisotopic (exact) mass is 504 g/mol. The first-order valence-corrected chi connectivity index (χ1v) is 14.6. The van der Waals surface area contributed by atoms with Crippen LogP contribution in [-0.4, -0.2) is 72.9 Å². The zero-order chi connectivity index (χ0) is 24.9. The van der Waals surface area contributed by atoms with Crippen LogP contribution < -0.4 is 5.32 Å². The Bertz CT molecular complexity index is 1150. The molecule has 2 N–H and O–H groups in total. The van der Waals surface area contributed by atoms with Crippen molar-refractivity contribution in [1.82, 2.24) is 10.2 Å². The standard InChI is InChI=1S/C25H32N2O5S2/c1-17-6-4-5-7-20(17)22-14-18(15-27-12-10-19(16-27)33-2)8-9-21(22)24(28)26-23(25(29)30)11-13-34(3,31)32/h4-9,14,19,23H,10-13,15-16H2,1-3H3,(H,26,28)(H,29,30). The maximum Gasteiger partial charge on any atom is 0.326 e. The predicted octanol–water partition coefficient (Wildman–Crippen LogP) is 3.22. The molecule has 0 aromatic heterocycles. The molecular weight excluding hydrogens is 472 g/mol. The molecule has 0 radical (unpaired) electrons. The van der Waals surface area contributed by atoms with E-state index >= 15 is 0 Å². The molecule has 0 spiro atoms. The third kappa shape index (κ3) is 7.07. The number of likely N-dealkylation sites (tertiary alicyclic amines) is 1. The van der Waals surface area contributed by atoms with Crippen molar-refractivity contribution in [2.24, 2.45) is 0 Å². The van der Waals surface area contributed by atoms with Crippen LogP contribution in [0.1, 0.15) is 34.3 Å². The molecule has 1 aliphatic heterocycles. The van der Waals surface area contributed by atoms with E-state index in [4.69, 9.17) is 0 Å². The summed E-state index contributed by atoms with van der Waals surface area (Å²) in [6, 6.07) is 12.1. The summed E-state index contributed by atoms with van der Waals surface area (Å²) < 4.78 is 23.0. The van der Waals surface area contributed by atoms with E-state index in [0.717, 1.165) is 54.6 Å². The molecule has 184 valence electrons. The fraction of sp³-hybridized carbons (Fsp3) is 0.440. The molecule has 1 aliphatic rings. The van der Waals surface area contributed by atoms with Gasteiger partial charge in [-0.3, -0.25) is 9.69 Å². The van der Waals surface area contributed by atoms with Gasteiger partial charge in [-0.2, -0.15) is 11.8 Å². The van der Waals surface area contributed by atoms with Crippen LogP contribution in [0.25, 0.3) is 11.1 Å². The van der Waals surface area contributed by atoms with Gasteiger partial charge in [0.1, 0.15) is 15.9 Å². The minimum absolute atomic E-state index is 0.191. The average molecular weight is 505 g/mol. The van der Waals surface area contributed by atoms with Gasteiger partial charge in [0.05, 0.1) is 5.75 Å². The lowest BCUT2D eigenvalue weighted by molar-refractivity contribution is -0.139. The molecule has 2 atom stereocenters. The summed E-state index contributed by atoms with van der Waals surface area (Å²) in [6.45, 7) is 4.82. The van der Waals surface area contributed by atoms with Gasteiger partial charge in [-0.05, 0) is 67.0 Å². The number of rotatable bonds is 10. The van der Waals surface area contributed by atoms with Crippen LogP contribution in [0.2, 0.25) is 0 Å². The number of carbonyl (C=O) groups is 2. The molecule has 2 aromatic rings. The van der Waals surface area contributed by atoms with E-state index < -0.39 is 27.8 Å². The second kappa shape index (κ2) is 11.4. The van der Waals surface area contributed by atoms with Gasteiger partial charge in [-0.15, -0.1) is 0 Å². The van der Waals surface area contributed by atoms with Crippen LogP contribution in [0.15, 0.2) is 42.5 Å². The predicted molar refractivity (Wildman–Crippen MR) is 137 cm³/mol. The van der Waals surface area contributed by atoms with E-state index in [-0.39, 0.29) is 12.2 Å². The molecular formula is C25H32N2O5S2. The number of carboxylic acids is 1. The first-order chi connectivity index (χ1) is 16.1. The Kier molecular flexibility index (Phi) is 8.78. The molecule has 1 fully saturated rings. The Morgan fingerprint density at radius 2 is 1.94 bits per heavy atom. The Labute approximate surface area is 205 Å². The van der Waals surface area contributed by atoms with Gasteiger partial charge in [0, 0.05) is 30.2 Å². The van der Waals surface area contributed by atoms with Crippen LogP contribution in [0.4, 0.5) is 0 Å². The topological polar surface area (TPSA) is 104 Å². The van der Waals surface area contributed by atoms with Gasteiger partial charge in [0.25, 0.3) is 5.91 Å². The first kappa shape index (κ1) is 26.2. The summed E-state index contributed by atoms with van der Waals surface area (Å²) in [6.07, 6.45) is 4.16. The second-order valence-corrected chi connectivity index (χ2v) is 12.3. The zero-order valence-electron chi connectivity index (χ0n) is 19.8. The summed E-state index contributed by atoms with van der Waals surface area (Å²) >= 11 is 1.89. The largest absolute Gasteiger partial charge is 0.480 e. The number of hydrogen-bond donors (Lipinski definition) is 2. The van der Waals surface area contributed by atoms with Crippen LogP contribution >= 0.6 is 11.8 Å². The Balaban J connectivity index is 1.90. The highest BCUT2D eigenvalue weighted by atomic mass is 32.2. The summed E-state index contributed by atoms with van der Waals surface area (Å²) in [5.41, 5.74) is 4.10. The van der Waals surface area contributed by atoms with Gasteiger partial charge >= 0.3 is 5.97 Å². The normalized spacial score (nSPS) is 17.4. The van der Waals surface area contributed by atoms with Crippen LogP contribution in [0, 0.1) is 6.92 Å². The summed E-state index contributed by atoms with van der Waals surface area (Å²) in [5, 5.41) is 12.7. The van der Waals surface area contributed by atoms with Crippen molar-refractivity contribution in [3.63, 3.8) is 0 Å². The lowest BCUT2D eigenvalue weighted by atomic mass is 9.93. The summed E-state index contributed by atoms with van der Waals surface area (Å²) in [5.74, 6) is -2.11. The zero-order valence-corrected chi connectivity index (χ0v) is 21.4. The quantitative estimate of drug-likeness (QED) is 0.512. The lowest BCUT2D eigenvalue weighted by Crippen LogP contribution is -2.42. The number of nitrogens with zero attached hydrogens (tertiary/aromatic N) is 1. The number of carboxylic acid groups (broad SMARTS) is 1. The third-order valence-corrected chi connectivity index (χ3v) is 8.14. The number of aliphatic carboxylic acids is 1. The van der Waals surface area contributed by atoms with Crippen molar-refractivity contribution >= 4 is 33.5 Å². The molecule has 0 bridgehead atoms. The van der Waals surface area contributed by atoms with E-state index in [1.165, 1.54) is 0 Å². The summed E-state index contributed by atoms with van der Waals surface area (Å²) in [4.78, 5) is 27.3. The number of nitrogens with one attached hydrogen (secondary N) is 1. The van der Waals surface area contributed by atoms with E-state index in [2.05, 4.69) is 16.5 Å². The van der Waals surface area contributed by atoms with Gasteiger partial charge < -0.3 is 10.4 Å². The van der Waals surface area contributed by atoms with Crippen LogP contribution in [-0.2, 0) is 21.2 Å². The molecule has 0 aliphatic carbocycles. The molecule has 9 heteroatoms. The summed E-state index contributed by atoms with van der Waals surface area (Å²) in [7, 11) is -3.35. The Hall–Kier alpha value is -2.36. The Morgan fingerprint density at radius 1 is 1.21 bits per heavy atom. The van der Waals surface area contributed by atoms with Crippen molar-refractivity contribution in [2.45, 2.75) is 37.6 Å². The van der Waals surface area contributed by atoms with Crippen LogP contribution in [0.5, 0.6) is 0 Å². The van der Waals surface area contributed by atoms with Crippen molar-refractivity contribution in [3.8, 4) is 11.1 Å². The number of hydrogen-bond acceptors (Lipinski definition) is 6. The van der Waals surface area contributed by atoms with Gasteiger partial charge in [0.15, 0.2) is 0 Å². The SMILES string of the molecule is CSC1CCN(Cc2ccc(C(=O)NC(CCS(C)(=O)=O)C(=O)O)c(-c3ccccc3C)c2)C1. The highest BCUT2D eigenvalue weighted by Gasteiger charge is 2.25. The van der Waals surface area contributed by atoms with Crippen molar-refractivity contribution in [3.05, 3.63) is 59.2 Å². The number of carbonyl (C=O) groups excluding carboxylic acids is 1. The fourth-order valence-electron chi connectivity index (χ4n) is 4.20. The highest BCUT2D eigenvalue weighted by molar-refractivity contribution is 7.99. The number of amides is 1. The maximum atomic E-state index is 13.2. The highest BCUT2D eigenvalue weighted by Crippen LogP contribution is 2.30. The fourth-order valence-corrected chi connectivity index (χ4v) is 5.57. The first-order valence-electron chi connectivity index (χ1n) is 11.2. The molecule has 7 nitrogen and oxygen atoms in total. The molecule has 2 unspecified atom stereocenters. The second-order valence-electron chi connectivity index (χ2n) is 8.86. The van der Waals surface area contributed by atoms with Gasteiger partial charge in [-0.25, -0.2) is 13.2 Å². The van der Waals surface area contributed by atoms with Crippen molar-refractivity contribution in [1.29, 1.82) is 0 Å².